The van der Waals surface area contributed by atoms with Gasteiger partial charge >= 0.3 is 0 Å². The van der Waals surface area contributed by atoms with Gasteiger partial charge in [0.05, 0.1) is 12.8 Å². The fourth-order valence-corrected chi connectivity index (χ4v) is 1.56. The topological polar surface area (TPSA) is 67.4 Å². The lowest BCUT2D eigenvalue weighted by Crippen LogP contribution is -2.29. The van der Waals surface area contributed by atoms with Gasteiger partial charge in [-0.15, -0.1) is 0 Å². The van der Waals surface area contributed by atoms with Crippen molar-refractivity contribution in [3.05, 3.63) is 48.2 Å². The molecule has 0 fully saturated rings. The number of aliphatic hydroxyl groups is 1. The minimum atomic E-state index is -0.825. The molecule has 2 aromatic rings. The van der Waals surface area contributed by atoms with Crippen LogP contribution in [-0.2, 0) is 7.05 Å². The maximum absolute atomic E-state index is 11.7. The molecule has 0 saturated carbocycles. The zero-order valence-electron chi connectivity index (χ0n) is 9.46. The molecule has 0 aliphatic carbocycles. The summed E-state index contributed by atoms with van der Waals surface area (Å²) in [6, 6.07) is 6.86. The van der Waals surface area contributed by atoms with Crippen LogP contribution >= 0.6 is 0 Å². The van der Waals surface area contributed by atoms with E-state index in [0.29, 0.717) is 11.5 Å². The van der Waals surface area contributed by atoms with Crippen molar-refractivity contribution in [2.45, 2.75) is 6.10 Å². The molecule has 5 heteroatoms. The second kappa shape index (κ2) is 4.88. The zero-order valence-corrected chi connectivity index (χ0v) is 9.46. The lowest BCUT2D eigenvalue weighted by Gasteiger charge is -2.09. The molecule has 90 valence electrons. The normalized spacial score (nSPS) is 12.4. The van der Waals surface area contributed by atoms with Gasteiger partial charge in [-0.25, -0.2) is 0 Å². The van der Waals surface area contributed by atoms with E-state index < -0.39 is 6.10 Å². The number of rotatable bonds is 4. The molecule has 0 aromatic carbocycles. The van der Waals surface area contributed by atoms with Gasteiger partial charge in [0, 0.05) is 13.2 Å². The summed E-state index contributed by atoms with van der Waals surface area (Å²) in [5.74, 6) is 0.222. The summed E-state index contributed by atoms with van der Waals surface area (Å²) in [5, 5.41) is 12.4. The second-order valence-corrected chi connectivity index (χ2v) is 3.75. The highest BCUT2D eigenvalue weighted by Gasteiger charge is 2.13. The summed E-state index contributed by atoms with van der Waals surface area (Å²) < 4.78 is 6.75. The molecule has 2 heterocycles. The van der Waals surface area contributed by atoms with E-state index in [0.717, 1.165) is 0 Å². The van der Waals surface area contributed by atoms with Gasteiger partial charge in [-0.3, -0.25) is 4.79 Å². The molecular formula is C12H14N2O3. The van der Waals surface area contributed by atoms with Crippen molar-refractivity contribution in [3.8, 4) is 0 Å². The van der Waals surface area contributed by atoms with E-state index in [-0.39, 0.29) is 12.5 Å². The molecule has 2 aromatic heterocycles. The molecule has 17 heavy (non-hydrogen) atoms. The fourth-order valence-electron chi connectivity index (χ4n) is 1.56. The maximum Gasteiger partial charge on any atom is 0.267 e. The Morgan fingerprint density at radius 3 is 2.94 bits per heavy atom. The first kappa shape index (κ1) is 11.5. The largest absolute Gasteiger partial charge is 0.467 e. The molecule has 0 saturated heterocycles. The van der Waals surface area contributed by atoms with Crippen LogP contribution in [0.15, 0.2) is 41.1 Å². The third-order valence-corrected chi connectivity index (χ3v) is 2.50. The highest BCUT2D eigenvalue weighted by Crippen LogP contribution is 2.11. The minimum absolute atomic E-state index is 0.123. The van der Waals surface area contributed by atoms with Gasteiger partial charge in [-0.2, -0.15) is 0 Å². The average molecular weight is 234 g/mol. The van der Waals surface area contributed by atoms with Crippen molar-refractivity contribution in [3.63, 3.8) is 0 Å². The van der Waals surface area contributed by atoms with Crippen molar-refractivity contribution < 1.29 is 14.3 Å². The van der Waals surface area contributed by atoms with Gasteiger partial charge in [-0.05, 0) is 24.3 Å². The highest BCUT2D eigenvalue weighted by atomic mass is 16.4. The Bertz CT molecular complexity index is 488. The van der Waals surface area contributed by atoms with E-state index in [1.807, 2.05) is 0 Å². The number of aryl methyl sites for hydroxylation is 1. The van der Waals surface area contributed by atoms with E-state index >= 15 is 0 Å². The SMILES string of the molecule is Cn1cccc1C(=O)NCC(O)c1ccco1. The second-order valence-electron chi connectivity index (χ2n) is 3.75. The van der Waals surface area contributed by atoms with E-state index in [1.165, 1.54) is 6.26 Å². The molecule has 1 unspecified atom stereocenters. The molecule has 2 N–H and O–H groups in total. The molecule has 0 bridgehead atoms. The number of furan rings is 1. The summed E-state index contributed by atoms with van der Waals surface area (Å²) >= 11 is 0. The predicted molar refractivity (Wildman–Crippen MR) is 61.4 cm³/mol. The molecule has 0 radical (unpaired) electrons. The molecular weight excluding hydrogens is 220 g/mol. The summed E-state index contributed by atoms with van der Waals surface area (Å²) in [5.41, 5.74) is 0.552. The molecule has 0 aliphatic rings. The molecule has 5 nitrogen and oxygen atoms in total. The quantitative estimate of drug-likeness (QED) is 0.831. The third kappa shape index (κ3) is 2.57. The lowest BCUT2D eigenvalue weighted by molar-refractivity contribution is 0.0893. The number of amides is 1. The Morgan fingerprint density at radius 2 is 2.35 bits per heavy atom. The Hall–Kier alpha value is -2.01. The summed E-state index contributed by atoms with van der Waals surface area (Å²) in [6.07, 6.45) is 2.45. The van der Waals surface area contributed by atoms with Crippen LogP contribution in [0.4, 0.5) is 0 Å². The zero-order chi connectivity index (χ0) is 12.3. The van der Waals surface area contributed by atoms with Gasteiger partial charge in [0.1, 0.15) is 17.6 Å². The number of hydrogen-bond acceptors (Lipinski definition) is 3. The number of carbonyl (C=O) groups is 1. The first-order valence-electron chi connectivity index (χ1n) is 5.29. The van der Waals surface area contributed by atoms with Crippen LogP contribution in [0.5, 0.6) is 0 Å². The first-order chi connectivity index (χ1) is 8.18. The summed E-state index contributed by atoms with van der Waals surface area (Å²) in [6.45, 7) is 0.123. The van der Waals surface area contributed by atoms with Crippen LogP contribution in [0.2, 0.25) is 0 Å². The van der Waals surface area contributed by atoms with Crippen molar-refractivity contribution in [2.75, 3.05) is 6.54 Å². The Morgan fingerprint density at radius 1 is 1.53 bits per heavy atom. The first-order valence-corrected chi connectivity index (χ1v) is 5.29. The summed E-state index contributed by atoms with van der Waals surface area (Å²) in [7, 11) is 1.79. The maximum atomic E-state index is 11.7. The van der Waals surface area contributed by atoms with Crippen LogP contribution in [-0.4, -0.2) is 22.1 Å². The number of nitrogens with zero attached hydrogens (tertiary/aromatic N) is 1. The number of hydrogen-bond donors (Lipinski definition) is 2. The van der Waals surface area contributed by atoms with Crippen LogP contribution in [0.25, 0.3) is 0 Å². The number of carbonyl (C=O) groups excluding carboxylic acids is 1. The Kier molecular flexibility index (Phi) is 3.30. The van der Waals surface area contributed by atoms with Crippen molar-refractivity contribution in [1.29, 1.82) is 0 Å². The van der Waals surface area contributed by atoms with Gasteiger partial charge < -0.3 is 19.4 Å². The van der Waals surface area contributed by atoms with E-state index in [9.17, 15) is 9.90 Å². The standard InChI is InChI=1S/C12H14N2O3/c1-14-6-2-4-9(14)12(16)13-8-10(15)11-5-3-7-17-11/h2-7,10,15H,8H2,1H3,(H,13,16). The smallest absolute Gasteiger partial charge is 0.267 e. The molecule has 0 spiro atoms. The van der Waals surface area contributed by atoms with Crippen LogP contribution < -0.4 is 5.32 Å². The number of nitrogens with one attached hydrogen (secondary N) is 1. The van der Waals surface area contributed by atoms with Crippen molar-refractivity contribution in [1.82, 2.24) is 9.88 Å². The Labute approximate surface area is 98.7 Å². The van der Waals surface area contributed by atoms with Gasteiger partial charge in [-0.1, -0.05) is 0 Å². The third-order valence-electron chi connectivity index (χ3n) is 2.50. The highest BCUT2D eigenvalue weighted by molar-refractivity contribution is 5.92. The van der Waals surface area contributed by atoms with Crippen molar-refractivity contribution >= 4 is 5.91 Å². The van der Waals surface area contributed by atoms with Crippen LogP contribution in [0, 0.1) is 0 Å². The predicted octanol–water partition coefficient (Wildman–Crippen LogP) is 1.08. The van der Waals surface area contributed by atoms with Crippen molar-refractivity contribution in [2.24, 2.45) is 7.05 Å². The van der Waals surface area contributed by atoms with Crippen LogP contribution in [0.3, 0.4) is 0 Å². The van der Waals surface area contributed by atoms with E-state index in [1.54, 1.807) is 42.1 Å². The number of aliphatic hydroxyl groups excluding tert-OH is 1. The molecule has 2 rings (SSSR count). The van der Waals surface area contributed by atoms with E-state index in [2.05, 4.69) is 5.32 Å². The molecule has 0 aliphatic heterocycles. The minimum Gasteiger partial charge on any atom is -0.467 e. The lowest BCUT2D eigenvalue weighted by atomic mass is 10.2. The summed E-state index contributed by atoms with van der Waals surface area (Å²) in [4.78, 5) is 11.7. The molecule has 1 amide bonds. The average Bonchev–Trinajstić information content (AvgIpc) is 2.95. The Balaban J connectivity index is 1.91. The van der Waals surface area contributed by atoms with Gasteiger partial charge in [0.2, 0.25) is 0 Å². The number of aromatic nitrogens is 1. The van der Waals surface area contributed by atoms with Gasteiger partial charge in [0.15, 0.2) is 0 Å². The van der Waals surface area contributed by atoms with Crippen LogP contribution in [0.1, 0.15) is 22.4 Å². The monoisotopic (exact) mass is 234 g/mol. The fraction of sp³-hybridized carbons (Fsp3) is 0.250. The van der Waals surface area contributed by atoms with E-state index in [4.69, 9.17) is 4.42 Å². The van der Waals surface area contributed by atoms with Gasteiger partial charge in [0.25, 0.3) is 5.91 Å². The molecule has 1 atom stereocenters.